The molecule has 0 fully saturated rings. The number of nitrogens with zero attached hydrogens (tertiary/aromatic N) is 3. The Kier molecular flexibility index (Phi) is 4.51. The lowest BCUT2D eigenvalue weighted by Gasteiger charge is -2.24. The predicted octanol–water partition coefficient (Wildman–Crippen LogP) is 2.40. The van der Waals surface area contributed by atoms with Gasteiger partial charge >= 0.3 is 0 Å². The fourth-order valence-corrected chi connectivity index (χ4v) is 2.46. The summed E-state index contributed by atoms with van der Waals surface area (Å²) in [6.07, 6.45) is 1.79. The molecule has 0 amide bonds. The molecule has 0 aromatic carbocycles. The fourth-order valence-electron chi connectivity index (χ4n) is 1.75. The molecule has 20 heavy (non-hydrogen) atoms. The minimum absolute atomic E-state index is 0.322. The van der Waals surface area contributed by atoms with Crippen LogP contribution in [-0.2, 0) is 16.9 Å². The zero-order chi connectivity index (χ0) is 14.6. The molecule has 108 valence electrons. The number of hydrogen-bond acceptors (Lipinski definition) is 7. The molecule has 3 N–H and O–H groups in total. The molecule has 0 radical (unpaired) electrons. The molecule has 0 aliphatic heterocycles. The molecule has 0 atom stereocenters. The lowest BCUT2D eigenvalue weighted by Crippen LogP contribution is -2.28. The van der Waals surface area contributed by atoms with Crippen LogP contribution < -0.4 is 11.1 Å². The van der Waals surface area contributed by atoms with E-state index < -0.39 is 0 Å². The van der Waals surface area contributed by atoms with Gasteiger partial charge in [-0.25, -0.2) is 15.0 Å². The maximum absolute atomic E-state index is 5.81. The molecule has 0 saturated heterocycles. The van der Waals surface area contributed by atoms with Crippen molar-refractivity contribution in [2.24, 2.45) is 0 Å². The summed E-state index contributed by atoms with van der Waals surface area (Å²) in [7, 11) is 0. The van der Waals surface area contributed by atoms with Gasteiger partial charge in [0.15, 0.2) is 5.82 Å². The van der Waals surface area contributed by atoms with Gasteiger partial charge in [-0.2, -0.15) is 0 Å². The minimum atomic E-state index is -0.322. The van der Waals surface area contributed by atoms with E-state index in [2.05, 4.69) is 20.3 Å². The van der Waals surface area contributed by atoms with Gasteiger partial charge in [0.1, 0.15) is 23.3 Å². The Morgan fingerprint density at radius 3 is 2.85 bits per heavy atom. The summed E-state index contributed by atoms with van der Waals surface area (Å²) < 4.78 is 5.31. The van der Waals surface area contributed by atoms with Gasteiger partial charge < -0.3 is 15.8 Å². The highest BCUT2D eigenvalue weighted by atomic mass is 32.1. The number of nitrogens with two attached hydrogens (primary N) is 1. The van der Waals surface area contributed by atoms with Crippen LogP contribution in [0.25, 0.3) is 0 Å². The first kappa shape index (κ1) is 14.7. The first-order chi connectivity index (χ1) is 9.51. The molecule has 2 aromatic heterocycles. The van der Waals surface area contributed by atoms with Gasteiger partial charge in [0, 0.05) is 24.3 Å². The standard InChI is InChI=1S/C13H19N5OS/c1-4-19-8-11-16-9(14)7-10(17-11)18-13(2,3)12-15-5-6-20-12/h5-7H,4,8H2,1-3H3,(H3,14,16,17,18). The lowest BCUT2D eigenvalue weighted by molar-refractivity contribution is 0.128. The maximum atomic E-state index is 5.81. The molecular formula is C13H19N5OS. The summed E-state index contributed by atoms with van der Waals surface area (Å²) in [5.74, 6) is 1.67. The van der Waals surface area contributed by atoms with Gasteiger partial charge in [-0.15, -0.1) is 11.3 Å². The maximum Gasteiger partial charge on any atom is 0.158 e. The average molecular weight is 293 g/mol. The summed E-state index contributed by atoms with van der Waals surface area (Å²) in [5.41, 5.74) is 5.49. The Hall–Kier alpha value is -1.73. The molecule has 6 nitrogen and oxygen atoms in total. The highest BCUT2D eigenvalue weighted by Gasteiger charge is 2.23. The molecule has 2 heterocycles. The lowest BCUT2D eigenvalue weighted by atomic mass is 10.1. The Labute approximate surface area is 122 Å². The second-order valence-electron chi connectivity index (χ2n) is 4.82. The van der Waals surface area contributed by atoms with Crippen LogP contribution in [0.3, 0.4) is 0 Å². The van der Waals surface area contributed by atoms with Crippen molar-refractivity contribution in [1.82, 2.24) is 15.0 Å². The van der Waals surface area contributed by atoms with E-state index in [1.165, 1.54) is 0 Å². The summed E-state index contributed by atoms with van der Waals surface area (Å²) in [6.45, 7) is 7.00. The third-order valence-electron chi connectivity index (χ3n) is 2.64. The van der Waals surface area contributed by atoms with Crippen molar-refractivity contribution < 1.29 is 4.74 Å². The van der Waals surface area contributed by atoms with Crippen LogP contribution in [0.1, 0.15) is 31.6 Å². The number of nitrogens with one attached hydrogen (secondary N) is 1. The average Bonchev–Trinajstić information content (AvgIpc) is 2.89. The molecule has 0 unspecified atom stereocenters. The third kappa shape index (κ3) is 3.64. The van der Waals surface area contributed by atoms with Gasteiger partial charge in [0.25, 0.3) is 0 Å². The number of hydrogen-bond donors (Lipinski definition) is 2. The molecule has 0 aliphatic rings. The number of anilines is 2. The van der Waals surface area contributed by atoms with Crippen LogP contribution in [0.15, 0.2) is 17.6 Å². The summed E-state index contributed by atoms with van der Waals surface area (Å²) in [6, 6.07) is 1.71. The third-order valence-corrected chi connectivity index (χ3v) is 3.73. The largest absolute Gasteiger partial charge is 0.384 e. The zero-order valence-electron chi connectivity index (χ0n) is 11.9. The summed E-state index contributed by atoms with van der Waals surface area (Å²) in [4.78, 5) is 12.9. The first-order valence-electron chi connectivity index (χ1n) is 6.40. The Balaban J connectivity index is 2.18. The number of aromatic nitrogens is 3. The van der Waals surface area contributed by atoms with Gasteiger partial charge in [0.2, 0.25) is 0 Å². The van der Waals surface area contributed by atoms with Gasteiger partial charge in [0.05, 0.1) is 5.54 Å². The van der Waals surface area contributed by atoms with Crippen LogP contribution in [0.4, 0.5) is 11.6 Å². The van der Waals surface area contributed by atoms with Crippen LogP contribution in [0, 0.1) is 0 Å². The summed E-state index contributed by atoms with van der Waals surface area (Å²) >= 11 is 1.60. The molecule has 2 aromatic rings. The minimum Gasteiger partial charge on any atom is -0.384 e. The molecule has 0 saturated carbocycles. The molecule has 0 spiro atoms. The first-order valence-corrected chi connectivity index (χ1v) is 7.28. The van der Waals surface area contributed by atoms with Crippen LogP contribution in [0.2, 0.25) is 0 Å². The normalized spacial score (nSPS) is 11.6. The van der Waals surface area contributed by atoms with E-state index in [1.807, 2.05) is 26.2 Å². The number of thiazole rings is 1. The number of ether oxygens (including phenoxy) is 1. The van der Waals surface area contributed by atoms with E-state index in [-0.39, 0.29) is 5.54 Å². The summed E-state index contributed by atoms with van der Waals surface area (Å²) in [5, 5.41) is 6.28. The molecular weight excluding hydrogens is 274 g/mol. The highest BCUT2D eigenvalue weighted by molar-refractivity contribution is 7.09. The van der Waals surface area contributed by atoms with Crippen molar-refractivity contribution in [3.05, 3.63) is 28.5 Å². The van der Waals surface area contributed by atoms with E-state index in [1.54, 1.807) is 23.6 Å². The molecule has 0 aliphatic carbocycles. The fraction of sp³-hybridized carbons (Fsp3) is 0.462. The van der Waals surface area contributed by atoms with Crippen molar-refractivity contribution in [3.8, 4) is 0 Å². The SMILES string of the molecule is CCOCc1nc(N)cc(NC(C)(C)c2nccs2)n1. The number of nitrogen functional groups attached to an aromatic ring is 1. The van der Waals surface area contributed by atoms with E-state index in [9.17, 15) is 0 Å². The van der Waals surface area contributed by atoms with Crippen LogP contribution in [-0.4, -0.2) is 21.6 Å². The highest BCUT2D eigenvalue weighted by Crippen LogP contribution is 2.26. The Bertz CT molecular complexity index is 556. The molecule has 0 bridgehead atoms. The van der Waals surface area contributed by atoms with E-state index in [4.69, 9.17) is 10.5 Å². The van der Waals surface area contributed by atoms with Gasteiger partial charge in [-0.1, -0.05) is 0 Å². The van der Waals surface area contributed by atoms with Crippen molar-refractivity contribution in [2.75, 3.05) is 17.7 Å². The van der Waals surface area contributed by atoms with Crippen molar-refractivity contribution in [2.45, 2.75) is 32.9 Å². The van der Waals surface area contributed by atoms with Crippen molar-refractivity contribution in [1.29, 1.82) is 0 Å². The smallest absolute Gasteiger partial charge is 0.158 e. The monoisotopic (exact) mass is 293 g/mol. The second-order valence-corrected chi connectivity index (χ2v) is 5.71. The quantitative estimate of drug-likeness (QED) is 0.850. The predicted molar refractivity (Wildman–Crippen MR) is 80.5 cm³/mol. The molecule has 7 heteroatoms. The van der Waals surface area contributed by atoms with E-state index in [0.717, 1.165) is 5.01 Å². The van der Waals surface area contributed by atoms with Crippen LogP contribution in [0.5, 0.6) is 0 Å². The zero-order valence-corrected chi connectivity index (χ0v) is 12.7. The van der Waals surface area contributed by atoms with Gasteiger partial charge in [-0.05, 0) is 20.8 Å². The van der Waals surface area contributed by atoms with Gasteiger partial charge in [-0.3, -0.25) is 0 Å². The van der Waals surface area contributed by atoms with E-state index in [0.29, 0.717) is 30.7 Å². The molecule has 2 rings (SSSR count). The topological polar surface area (TPSA) is 86.0 Å². The van der Waals surface area contributed by atoms with Crippen molar-refractivity contribution >= 4 is 23.0 Å². The Morgan fingerprint density at radius 2 is 2.20 bits per heavy atom. The van der Waals surface area contributed by atoms with Crippen LogP contribution >= 0.6 is 11.3 Å². The second kappa shape index (κ2) is 6.15. The Morgan fingerprint density at radius 1 is 1.40 bits per heavy atom. The van der Waals surface area contributed by atoms with Crippen molar-refractivity contribution in [3.63, 3.8) is 0 Å². The van der Waals surface area contributed by atoms with E-state index >= 15 is 0 Å². The number of rotatable bonds is 6.